The average molecular weight is 240 g/mol. The molecule has 0 saturated carbocycles. The number of rotatable bonds is 7. The van der Waals surface area contributed by atoms with Crippen molar-refractivity contribution in [2.45, 2.75) is 45.6 Å². The summed E-state index contributed by atoms with van der Waals surface area (Å²) in [7, 11) is 3.46. The van der Waals surface area contributed by atoms with Crippen LogP contribution in [0.25, 0.3) is 0 Å². The minimum Gasteiger partial charge on any atom is -0.493 e. The first kappa shape index (κ1) is 14.0. The molecule has 4 nitrogen and oxygen atoms in total. The van der Waals surface area contributed by atoms with Gasteiger partial charge in [0, 0.05) is 7.05 Å². The van der Waals surface area contributed by atoms with Crippen LogP contribution in [-0.4, -0.2) is 22.0 Å². The highest BCUT2D eigenvalue weighted by Crippen LogP contribution is 2.34. The Labute approximate surface area is 104 Å². The number of methoxy groups -OCH3 is 1. The molecule has 1 aromatic heterocycles. The summed E-state index contributed by atoms with van der Waals surface area (Å²) >= 11 is 0. The normalized spacial score (nSPS) is 13.1. The molecule has 4 heteroatoms. The van der Waals surface area contributed by atoms with Gasteiger partial charge in [-0.2, -0.15) is 5.10 Å². The van der Waals surface area contributed by atoms with E-state index in [0.29, 0.717) is 5.75 Å². The van der Waals surface area contributed by atoms with Crippen molar-refractivity contribution in [3.05, 3.63) is 11.9 Å². The molecular formula is C13H24N2O2. The molecule has 17 heavy (non-hydrogen) atoms. The van der Waals surface area contributed by atoms with Crippen molar-refractivity contribution in [2.24, 2.45) is 13.0 Å². The van der Waals surface area contributed by atoms with Crippen LogP contribution in [-0.2, 0) is 7.05 Å². The minimum absolute atomic E-state index is 0.286. The molecule has 1 rings (SSSR count). The number of aromatic nitrogens is 2. The first-order valence-electron chi connectivity index (χ1n) is 6.39. The third kappa shape index (κ3) is 3.22. The SMILES string of the molecule is CCCC(CCC)C(O)c1c(OC)cnn1C. The fourth-order valence-electron chi connectivity index (χ4n) is 2.35. The summed E-state index contributed by atoms with van der Waals surface area (Å²) in [6, 6.07) is 0. The van der Waals surface area contributed by atoms with Crippen molar-refractivity contribution in [3.63, 3.8) is 0 Å². The third-order valence-electron chi connectivity index (χ3n) is 3.21. The molecule has 0 aromatic carbocycles. The molecule has 0 amide bonds. The highest BCUT2D eigenvalue weighted by molar-refractivity contribution is 5.27. The Kier molecular flexibility index (Phi) is 5.48. The Morgan fingerprint density at radius 3 is 2.41 bits per heavy atom. The number of hydrogen-bond acceptors (Lipinski definition) is 3. The van der Waals surface area contributed by atoms with E-state index in [4.69, 9.17) is 4.74 Å². The van der Waals surface area contributed by atoms with Crippen molar-refractivity contribution in [2.75, 3.05) is 7.11 Å². The molecule has 0 aliphatic rings. The van der Waals surface area contributed by atoms with Crippen molar-refractivity contribution < 1.29 is 9.84 Å². The van der Waals surface area contributed by atoms with E-state index in [1.54, 1.807) is 18.0 Å². The van der Waals surface area contributed by atoms with Gasteiger partial charge < -0.3 is 9.84 Å². The van der Waals surface area contributed by atoms with Gasteiger partial charge in [-0.1, -0.05) is 26.7 Å². The summed E-state index contributed by atoms with van der Waals surface area (Å²) in [6.07, 6.45) is 5.40. The molecule has 0 radical (unpaired) electrons. The van der Waals surface area contributed by atoms with Gasteiger partial charge in [0.25, 0.3) is 0 Å². The molecule has 98 valence electrons. The van der Waals surface area contributed by atoms with Crippen LogP contribution in [0, 0.1) is 5.92 Å². The molecule has 1 atom stereocenters. The number of aryl methyl sites for hydroxylation is 1. The summed E-state index contributed by atoms with van der Waals surface area (Å²) in [5, 5.41) is 14.6. The molecule has 1 unspecified atom stereocenters. The van der Waals surface area contributed by atoms with E-state index in [9.17, 15) is 5.11 Å². The summed E-state index contributed by atoms with van der Waals surface area (Å²) in [5.41, 5.74) is 0.791. The zero-order valence-electron chi connectivity index (χ0n) is 11.3. The lowest BCUT2D eigenvalue weighted by Crippen LogP contribution is -2.16. The Morgan fingerprint density at radius 2 is 1.94 bits per heavy atom. The number of aliphatic hydroxyl groups excluding tert-OH is 1. The Hall–Kier alpha value is -1.03. The Balaban J connectivity index is 2.90. The Bertz CT molecular complexity index is 330. The predicted molar refractivity (Wildman–Crippen MR) is 68.0 cm³/mol. The van der Waals surface area contributed by atoms with Crippen LogP contribution >= 0.6 is 0 Å². The topological polar surface area (TPSA) is 47.3 Å². The molecule has 1 heterocycles. The lowest BCUT2D eigenvalue weighted by molar-refractivity contribution is 0.0862. The van der Waals surface area contributed by atoms with Crippen LogP contribution in [0.15, 0.2) is 6.20 Å². The van der Waals surface area contributed by atoms with Gasteiger partial charge in [-0.3, -0.25) is 4.68 Å². The average Bonchev–Trinajstić information content (AvgIpc) is 2.69. The van der Waals surface area contributed by atoms with Crippen molar-refractivity contribution >= 4 is 0 Å². The van der Waals surface area contributed by atoms with Crippen LogP contribution in [0.3, 0.4) is 0 Å². The van der Waals surface area contributed by atoms with E-state index in [-0.39, 0.29) is 5.92 Å². The first-order chi connectivity index (χ1) is 8.15. The van der Waals surface area contributed by atoms with Gasteiger partial charge >= 0.3 is 0 Å². The van der Waals surface area contributed by atoms with E-state index in [1.165, 1.54) is 0 Å². The fraction of sp³-hybridized carbons (Fsp3) is 0.769. The van der Waals surface area contributed by atoms with Crippen LogP contribution in [0.4, 0.5) is 0 Å². The monoisotopic (exact) mass is 240 g/mol. The van der Waals surface area contributed by atoms with Crippen LogP contribution < -0.4 is 4.74 Å². The van der Waals surface area contributed by atoms with E-state index < -0.39 is 6.10 Å². The van der Waals surface area contributed by atoms with Gasteiger partial charge in [-0.05, 0) is 18.8 Å². The van der Waals surface area contributed by atoms with Crippen molar-refractivity contribution in [1.29, 1.82) is 0 Å². The van der Waals surface area contributed by atoms with E-state index in [2.05, 4.69) is 18.9 Å². The van der Waals surface area contributed by atoms with Crippen LogP contribution in [0.2, 0.25) is 0 Å². The second-order valence-corrected chi connectivity index (χ2v) is 4.50. The predicted octanol–water partition coefficient (Wildman–Crippen LogP) is 2.68. The lowest BCUT2D eigenvalue weighted by atomic mass is 9.90. The molecule has 0 fully saturated rings. The van der Waals surface area contributed by atoms with Crippen molar-refractivity contribution in [1.82, 2.24) is 9.78 Å². The second kappa shape index (κ2) is 6.64. The van der Waals surface area contributed by atoms with Gasteiger partial charge in [-0.15, -0.1) is 0 Å². The fourth-order valence-corrected chi connectivity index (χ4v) is 2.35. The summed E-state index contributed by atoms with van der Waals surface area (Å²) in [6.45, 7) is 4.30. The summed E-state index contributed by atoms with van der Waals surface area (Å²) in [5.74, 6) is 0.964. The van der Waals surface area contributed by atoms with Gasteiger partial charge in [0.1, 0.15) is 11.8 Å². The van der Waals surface area contributed by atoms with Gasteiger partial charge in [0.15, 0.2) is 5.75 Å². The maximum Gasteiger partial charge on any atom is 0.162 e. The van der Waals surface area contributed by atoms with E-state index >= 15 is 0 Å². The maximum absolute atomic E-state index is 10.5. The lowest BCUT2D eigenvalue weighted by Gasteiger charge is -2.23. The quantitative estimate of drug-likeness (QED) is 0.797. The molecule has 0 saturated heterocycles. The van der Waals surface area contributed by atoms with Gasteiger partial charge in [0.2, 0.25) is 0 Å². The standard InChI is InChI=1S/C13H24N2O2/c1-5-7-10(8-6-2)13(16)12-11(17-4)9-14-15(12)3/h9-10,13,16H,5-8H2,1-4H3. The zero-order valence-corrected chi connectivity index (χ0v) is 11.3. The third-order valence-corrected chi connectivity index (χ3v) is 3.21. The molecule has 0 spiro atoms. The second-order valence-electron chi connectivity index (χ2n) is 4.50. The van der Waals surface area contributed by atoms with Crippen LogP contribution in [0.1, 0.15) is 51.3 Å². The molecule has 0 aliphatic heterocycles. The molecular weight excluding hydrogens is 216 g/mol. The zero-order chi connectivity index (χ0) is 12.8. The number of ether oxygens (including phenoxy) is 1. The van der Waals surface area contributed by atoms with Gasteiger partial charge in [0.05, 0.1) is 13.3 Å². The van der Waals surface area contributed by atoms with E-state index in [0.717, 1.165) is 31.4 Å². The Morgan fingerprint density at radius 1 is 1.35 bits per heavy atom. The van der Waals surface area contributed by atoms with Crippen molar-refractivity contribution in [3.8, 4) is 5.75 Å². The molecule has 0 bridgehead atoms. The maximum atomic E-state index is 10.5. The summed E-state index contributed by atoms with van der Waals surface area (Å²) in [4.78, 5) is 0. The smallest absolute Gasteiger partial charge is 0.162 e. The largest absolute Gasteiger partial charge is 0.493 e. The summed E-state index contributed by atoms with van der Waals surface area (Å²) < 4.78 is 6.96. The number of aliphatic hydroxyl groups is 1. The molecule has 1 aromatic rings. The van der Waals surface area contributed by atoms with E-state index in [1.807, 2.05) is 7.05 Å². The minimum atomic E-state index is -0.489. The highest BCUT2D eigenvalue weighted by Gasteiger charge is 2.25. The number of hydrogen-bond donors (Lipinski definition) is 1. The van der Waals surface area contributed by atoms with Gasteiger partial charge in [-0.25, -0.2) is 0 Å². The molecule has 0 aliphatic carbocycles. The number of nitrogens with zero attached hydrogens (tertiary/aromatic N) is 2. The first-order valence-corrected chi connectivity index (χ1v) is 6.39. The van der Waals surface area contributed by atoms with Crippen LogP contribution in [0.5, 0.6) is 5.75 Å². The highest BCUT2D eigenvalue weighted by atomic mass is 16.5. The molecule has 1 N–H and O–H groups in total.